The molecule has 0 aliphatic heterocycles. The summed E-state index contributed by atoms with van der Waals surface area (Å²) in [7, 11) is 0. The summed E-state index contributed by atoms with van der Waals surface area (Å²) in [6.07, 6.45) is 9.65. The Morgan fingerprint density at radius 2 is 1.29 bits per heavy atom. The molecule has 0 fully saturated rings. The van der Waals surface area contributed by atoms with E-state index in [2.05, 4.69) is 61.6 Å². The summed E-state index contributed by atoms with van der Waals surface area (Å²) in [6, 6.07) is 4.01. The summed E-state index contributed by atoms with van der Waals surface area (Å²) in [5, 5.41) is 0. The Morgan fingerprint density at radius 1 is 0.792 bits per heavy atom. The molecule has 0 radical (unpaired) electrons. The molecule has 1 rings (SSSR count). The van der Waals surface area contributed by atoms with Crippen LogP contribution in [0.1, 0.15) is 74.5 Å². The average Bonchev–Trinajstić information content (AvgIpc) is 2.55. The maximum absolute atomic E-state index is 5.99. The van der Waals surface area contributed by atoms with Crippen LogP contribution in [0, 0.1) is 0 Å². The zero-order chi connectivity index (χ0) is 17.8. The third-order valence-electron chi connectivity index (χ3n) is 3.83. The van der Waals surface area contributed by atoms with Crippen LogP contribution in [0.15, 0.2) is 16.6 Å². The fourth-order valence-electron chi connectivity index (χ4n) is 2.42. The minimum atomic E-state index is 0.0219. The second kappa shape index (κ2) is 13.5. The third kappa shape index (κ3) is 8.09. The van der Waals surface area contributed by atoms with E-state index in [0.717, 1.165) is 47.6 Å². The van der Waals surface area contributed by atoms with Crippen molar-refractivity contribution in [1.29, 1.82) is 0 Å². The van der Waals surface area contributed by atoms with Crippen LogP contribution < -0.4 is 9.47 Å². The monoisotopic (exact) mass is 526 g/mol. The number of unbranched alkanes of at least 4 members (excludes halogenated alkanes) is 6. The van der Waals surface area contributed by atoms with Crippen LogP contribution in [0.25, 0.3) is 0 Å². The van der Waals surface area contributed by atoms with E-state index in [1.165, 1.54) is 38.5 Å². The van der Waals surface area contributed by atoms with E-state index in [4.69, 9.17) is 9.47 Å². The molecular formula is C19H29Br3O2. The predicted molar refractivity (Wildman–Crippen MR) is 114 cm³/mol. The van der Waals surface area contributed by atoms with Crippen LogP contribution in [0.4, 0.5) is 0 Å². The number of rotatable bonds is 13. The summed E-state index contributed by atoms with van der Waals surface area (Å²) in [5.74, 6) is 1.78. The topological polar surface area (TPSA) is 18.5 Å². The van der Waals surface area contributed by atoms with Gasteiger partial charge in [-0.3, -0.25) is 0 Å². The normalized spacial score (nSPS) is 11.1. The van der Waals surface area contributed by atoms with Gasteiger partial charge in [-0.15, -0.1) is 0 Å². The molecule has 0 unspecified atom stereocenters. The van der Waals surface area contributed by atoms with Crippen LogP contribution in [0.2, 0.25) is 0 Å². The van der Waals surface area contributed by atoms with Crippen molar-refractivity contribution in [2.45, 2.75) is 69.0 Å². The number of ether oxygens (including phenoxy) is 2. The van der Waals surface area contributed by atoms with Crippen molar-refractivity contribution in [2.24, 2.45) is 0 Å². The predicted octanol–water partition coefficient (Wildman–Crippen LogP) is 8.16. The SMILES string of the molecule is CCCCCCOc1ccc(OCCCCCC)c(C(Br)Br)c1Br. The number of hydrogen-bond donors (Lipinski definition) is 0. The van der Waals surface area contributed by atoms with Gasteiger partial charge in [0.15, 0.2) is 0 Å². The van der Waals surface area contributed by atoms with E-state index in [1.54, 1.807) is 0 Å². The quantitative estimate of drug-likeness (QED) is 0.190. The molecule has 0 heterocycles. The van der Waals surface area contributed by atoms with Gasteiger partial charge in [-0.1, -0.05) is 84.2 Å². The van der Waals surface area contributed by atoms with Gasteiger partial charge in [0.2, 0.25) is 0 Å². The van der Waals surface area contributed by atoms with E-state index >= 15 is 0 Å². The molecular weight excluding hydrogens is 500 g/mol. The zero-order valence-electron chi connectivity index (χ0n) is 14.8. The number of benzene rings is 1. The van der Waals surface area contributed by atoms with Crippen molar-refractivity contribution in [2.75, 3.05) is 13.2 Å². The van der Waals surface area contributed by atoms with E-state index in [9.17, 15) is 0 Å². The van der Waals surface area contributed by atoms with Crippen molar-refractivity contribution < 1.29 is 9.47 Å². The van der Waals surface area contributed by atoms with E-state index in [0.29, 0.717) is 0 Å². The third-order valence-corrected chi connectivity index (χ3v) is 5.57. The smallest absolute Gasteiger partial charge is 0.134 e. The molecule has 0 saturated heterocycles. The van der Waals surface area contributed by atoms with Crippen molar-refractivity contribution in [3.05, 3.63) is 22.2 Å². The first-order valence-electron chi connectivity index (χ1n) is 8.97. The van der Waals surface area contributed by atoms with Gasteiger partial charge in [0.1, 0.15) is 11.5 Å². The fourth-order valence-corrected chi connectivity index (χ4v) is 4.61. The van der Waals surface area contributed by atoms with Gasteiger partial charge in [0, 0.05) is 5.56 Å². The lowest BCUT2D eigenvalue weighted by Crippen LogP contribution is -2.03. The Balaban J connectivity index is 2.64. The molecule has 0 aliphatic carbocycles. The molecule has 24 heavy (non-hydrogen) atoms. The molecule has 0 spiro atoms. The van der Waals surface area contributed by atoms with Gasteiger partial charge in [0.25, 0.3) is 0 Å². The van der Waals surface area contributed by atoms with Gasteiger partial charge in [-0.25, -0.2) is 0 Å². The Bertz CT molecular complexity index is 464. The first kappa shape index (κ1) is 22.3. The van der Waals surface area contributed by atoms with Crippen LogP contribution in [0.3, 0.4) is 0 Å². The van der Waals surface area contributed by atoms with Gasteiger partial charge in [0.05, 0.1) is 21.4 Å². The molecule has 0 atom stereocenters. The second-order valence-corrected chi connectivity index (χ2v) is 9.76. The Labute approximate surface area is 172 Å². The average molecular weight is 529 g/mol. The van der Waals surface area contributed by atoms with E-state index < -0.39 is 0 Å². The van der Waals surface area contributed by atoms with Crippen LogP contribution in [-0.4, -0.2) is 13.2 Å². The molecule has 0 N–H and O–H groups in total. The highest BCUT2D eigenvalue weighted by atomic mass is 79.9. The summed E-state index contributed by atoms with van der Waals surface area (Å²) in [4.78, 5) is 0. The molecule has 138 valence electrons. The lowest BCUT2D eigenvalue weighted by atomic mass is 10.2. The molecule has 0 bridgehead atoms. The first-order chi connectivity index (χ1) is 11.6. The summed E-state index contributed by atoms with van der Waals surface area (Å²) in [6.45, 7) is 5.95. The van der Waals surface area contributed by atoms with Crippen molar-refractivity contribution in [3.63, 3.8) is 0 Å². The molecule has 1 aromatic rings. The molecule has 0 saturated carbocycles. The second-order valence-electron chi connectivity index (χ2n) is 5.91. The zero-order valence-corrected chi connectivity index (χ0v) is 19.5. The number of alkyl halides is 2. The maximum Gasteiger partial charge on any atom is 0.134 e. The molecule has 2 nitrogen and oxygen atoms in total. The molecule has 1 aromatic carbocycles. The summed E-state index contributed by atoms with van der Waals surface area (Å²) >= 11 is 10.9. The standard InChI is InChI=1S/C19H29Br3O2/c1-3-5-7-9-13-23-15-11-12-16(18(20)17(15)19(21)22)24-14-10-8-6-4-2/h11-12,19H,3-10,13-14H2,1-2H3. The Kier molecular flexibility index (Phi) is 12.5. The Morgan fingerprint density at radius 3 is 1.79 bits per heavy atom. The number of halogens is 3. The van der Waals surface area contributed by atoms with E-state index in [1.807, 2.05) is 12.1 Å². The van der Waals surface area contributed by atoms with Crippen molar-refractivity contribution in [3.8, 4) is 11.5 Å². The van der Waals surface area contributed by atoms with Crippen LogP contribution >= 0.6 is 47.8 Å². The highest BCUT2D eigenvalue weighted by Crippen LogP contribution is 2.45. The molecule has 0 aromatic heterocycles. The Hall–Kier alpha value is 0.260. The van der Waals surface area contributed by atoms with Crippen molar-refractivity contribution in [1.82, 2.24) is 0 Å². The maximum atomic E-state index is 5.99. The lowest BCUT2D eigenvalue weighted by molar-refractivity contribution is 0.293. The first-order valence-corrected chi connectivity index (χ1v) is 11.6. The molecule has 5 heteroatoms. The number of hydrogen-bond acceptors (Lipinski definition) is 2. The molecule has 0 aliphatic rings. The fraction of sp³-hybridized carbons (Fsp3) is 0.684. The highest BCUT2D eigenvalue weighted by Gasteiger charge is 2.18. The lowest BCUT2D eigenvalue weighted by Gasteiger charge is -2.17. The van der Waals surface area contributed by atoms with Gasteiger partial charge >= 0.3 is 0 Å². The minimum absolute atomic E-state index is 0.0219. The van der Waals surface area contributed by atoms with Gasteiger partial charge in [-0.05, 0) is 40.9 Å². The minimum Gasteiger partial charge on any atom is -0.493 e. The van der Waals surface area contributed by atoms with Crippen LogP contribution in [-0.2, 0) is 0 Å². The van der Waals surface area contributed by atoms with Crippen LogP contribution in [0.5, 0.6) is 11.5 Å². The molecule has 0 amide bonds. The van der Waals surface area contributed by atoms with E-state index in [-0.39, 0.29) is 3.74 Å². The van der Waals surface area contributed by atoms with Gasteiger partial charge in [-0.2, -0.15) is 0 Å². The summed E-state index contributed by atoms with van der Waals surface area (Å²) in [5.41, 5.74) is 1.05. The van der Waals surface area contributed by atoms with Crippen molar-refractivity contribution >= 4 is 47.8 Å². The van der Waals surface area contributed by atoms with Gasteiger partial charge < -0.3 is 9.47 Å². The largest absolute Gasteiger partial charge is 0.493 e. The highest BCUT2D eigenvalue weighted by molar-refractivity contribution is 9.24. The summed E-state index contributed by atoms with van der Waals surface area (Å²) < 4.78 is 12.9.